The molecule has 1 amide bonds. The van der Waals surface area contributed by atoms with E-state index < -0.39 is 24.2 Å². The molecule has 0 aromatic rings. The van der Waals surface area contributed by atoms with Gasteiger partial charge in [0, 0.05) is 0 Å². The number of unbranched alkanes of at least 4 members (excludes halogenated alkanes) is 30. The van der Waals surface area contributed by atoms with E-state index in [-0.39, 0.29) is 6.61 Å². The summed E-state index contributed by atoms with van der Waals surface area (Å²) in [7, 11) is 0. The lowest BCUT2D eigenvalue weighted by molar-refractivity contribution is -0.131. The summed E-state index contributed by atoms with van der Waals surface area (Å²) in [6.45, 7) is 4.16. The summed E-state index contributed by atoms with van der Waals surface area (Å²) >= 11 is 0. The minimum Gasteiger partial charge on any atom is -0.394 e. The molecule has 3 atom stereocenters. The number of carbonyl (C=O) groups is 1. The molecular weight excluding hydrogens is 582 g/mol. The number of hydrogen-bond donors (Lipinski definition) is 4. The fourth-order valence-electron chi connectivity index (χ4n) is 6.54. The van der Waals surface area contributed by atoms with E-state index >= 15 is 0 Å². The molecule has 0 rings (SSSR count). The molecule has 0 heterocycles. The van der Waals surface area contributed by atoms with Crippen LogP contribution in [0.2, 0.25) is 0 Å². The molecule has 5 heteroatoms. The van der Waals surface area contributed by atoms with Crippen molar-refractivity contribution in [1.82, 2.24) is 5.32 Å². The second kappa shape index (κ2) is 37.9. The van der Waals surface area contributed by atoms with Crippen molar-refractivity contribution in [1.29, 1.82) is 0 Å². The van der Waals surface area contributed by atoms with E-state index in [9.17, 15) is 20.1 Å². The number of amides is 1. The van der Waals surface area contributed by atoms with Crippen LogP contribution in [0.25, 0.3) is 0 Å². The Morgan fingerprint density at radius 3 is 1.17 bits per heavy atom. The van der Waals surface area contributed by atoms with Gasteiger partial charge in [-0.25, -0.2) is 0 Å². The topological polar surface area (TPSA) is 89.8 Å². The number of allylic oxidation sites excluding steroid dienone is 1. The quantitative estimate of drug-likeness (QED) is 0.0390. The number of aliphatic hydroxyl groups excluding tert-OH is 3. The molecule has 280 valence electrons. The molecule has 0 radical (unpaired) electrons. The van der Waals surface area contributed by atoms with Crippen molar-refractivity contribution >= 4 is 5.91 Å². The number of carbonyl (C=O) groups excluding carboxylic acids is 1. The predicted molar refractivity (Wildman–Crippen MR) is 204 cm³/mol. The Kier molecular flexibility index (Phi) is 37.2. The molecule has 4 N–H and O–H groups in total. The molecule has 47 heavy (non-hydrogen) atoms. The van der Waals surface area contributed by atoms with Crippen LogP contribution in [-0.4, -0.2) is 46.1 Å². The third kappa shape index (κ3) is 33.4. The van der Waals surface area contributed by atoms with E-state index in [2.05, 4.69) is 19.2 Å². The van der Waals surface area contributed by atoms with Crippen LogP contribution in [0.15, 0.2) is 12.2 Å². The van der Waals surface area contributed by atoms with Crippen molar-refractivity contribution in [2.45, 2.75) is 244 Å². The molecule has 0 aliphatic carbocycles. The summed E-state index contributed by atoms with van der Waals surface area (Å²) in [5.41, 5.74) is 0. The van der Waals surface area contributed by atoms with Gasteiger partial charge in [0.2, 0.25) is 5.91 Å². The second-order valence-corrected chi connectivity index (χ2v) is 14.6. The van der Waals surface area contributed by atoms with Crippen molar-refractivity contribution < 1.29 is 20.1 Å². The highest BCUT2D eigenvalue weighted by Gasteiger charge is 2.22. The standard InChI is InChI=1S/C42H83NO4/c1-3-5-7-9-11-13-14-15-16-17-18-19-20-21-22-23-24-25-26-27-29-30-32-34-36-40(45)39(38-44)43-42(47)41(46)37-35-33-31-28-12-10-8-6-4-2/h34,36,39-41,44-46H,3-33,35,37-38H2,1-2H3,(H,43,47)/b36-34+. The molecule has 0 aliphatic heterocycles. The Balaban J connectivity index is 3.58. The summed E-state index contributed by atoms with van der Waals surface area (Å²) in [4.78, 5) is 12.4. The van der Waals surface area contributed by atoms with Gasteiger partial charge in [-0.15, -0.1) is 0 Å². The Labute approximate surface area is 293 Å². The Hall–Kier alpha value is -0.910. The zero-order valence-electron chi connectivity index (χ0n) is 31.7. The molecule has 0 aromatic heterocycles. The summed E-state index contributed by atoms with van der Waals surface area (Å²) < 4.78 is 0. The van der Waals surface area contributed by atoms with Gasteiger partial charge in [-0.1, -0.05) is 219 Å². The van der Waals surface area contributed by atoms with E-state index in [1.807, 2.05) is 6.08 Å². The highest BCUT2D eigenvalue weighted by molar-refractivity contribution is 5.80. The van der Waals surface area contributed by atoms with E-state index in [1.165, 1.54) is 173 Å². The van der Waals surface area contributed by atoms with Gasteiger partial charge in [-0.2, -0.15) is 0 Å². The molecule has 0 saturated heterocycles. The maximum absolute atomic E-state index is 12.4. The third-order valence-electron chi connectivity index (χ3n) is 9.88. The van der Waals surface area contributed by atoms with E-state index in [4.69, 9.17) is 0 Å². The molecular formula is C42H83NO4. The Bertz CT molecular complexity index is 655. The third-order valence-corrected chi connectivity index (χ3v) is 9.88. The maximum Gasteiger partial charge on any atom is 0.249 e. The SMILES string of the molecule is CCCCCCCCCCCCCCCCCCCCCCCC/C=C/C(O)C(CO)NC(=O)C(O)CCCCCCCCCCC. The first-order chi connectivity index (χ1) is 23.1. The van der Waals surface area contributed by atoms with E-state index in [1.54, 1.807) is 6.08 Å². The van der Waals surface area contributed by atoms with Gasteiger partial charge < -0.3 is 20.6 Å². The van der Waals surface area contributed by atoms with Gasteiger partial charge in [0.1, 0.15) is 6.10 Å². The second-order valence-electron chi connectivity index (χ2n) is 14.6. The number of hydrogen-bond acceptors (Lipinski definition) is 4. The summed E-state index contributed by atoms with van der Waals surface area (Å²) in [5, 5.41) is 32.9. The maximum atomic E-state index is 12.4. The first-order valence-corrected chi connectivity index (χ1v) is 21.0. The molecule has 3 unspecified atom stereocenters. The van der Waals surface area contributed by atoms with Crippen molar-refractivity contribution in [2.75, 3.05) is 6.61 Å². The van der Waals surface area contributed by atoms with Gasteiger partial charge in [0.05, 0.1) is 18.8 Å². The Morgan fingerprint density at radius 2 is 0.830 bits per heavy atom. The predicted octanol–water partition coefficient (Wildman–Crippen LogP) is 11.7. The lowest BCUT2D eigenvalue weighted by Crippen LogP contribution is -2.48. The summed E-state index contributed by atoms with van der Waals surface area (Å²) in [5.74, 6) is -0.504. The number of rotatable bonds is 38. The van der Waals surface area contributed by atoms with Crippen LogP contribution in [-0.2, 0) is 4.79 Å². The van der Waals surface area contributed by atoms with Crippen molar-refractivity contribution in [3.63, 3.8) is 0 Å². The van der Waals surface area contributed by atoms with Gasteiger partial charge in [0.15, 0.2) is 0 Å². The van der Waals surface area contributed by atoms with Crippen LogP contribution in [0.5, 0.6) is 0 Å². The van der Waals surface area contributed by atoms with Crippen molar-refractivity contribution in [2.24, 2.45) is 0 Å². The van der Waals surface area contributed by atoms with Crippen LogP contribution in [0, 0.1) is 0 Å². The smallest absolute Gasteiger partial charge is 0.249 e. The van der Waals surface area contributed by atoms with Crippen LogP contribution in [0.1, 0.15) is 226 Å². The average molecular weight is 666 g/mol. The fraction of sp³-hybridized carbons (Fsp3) is 0.929. The average Bonchev–Trinajstić information content (AvgIpc) is 3.07. The lowest BCUT2D eigenvalue weighted by Gasteiger charge is -2.21. The molecule has 5 nitrogen and oxygen atoms in total. The normalized spacial score (nSPS) is 13.7. The number of nitrogens with one attached hydrogen (secondary N) is 1. The van der Waals surface area contributed by atoms with Gasteiger partial charge in [-0.05, 0) is 19.3 Å². The first-order valence-electron chi connectivity index (χ1n) is 21.0. The van der Waals surface area contributed by atoms with Crippen LogP contribution < -0.4 is 5.32 Å². The van der Waals surface area contributed by atoms with E-state index in [0.29, 0.717) is 6.42 Å². The highest BCUT2D eigenvalue weighted by Crippen LogP contribution is 2.16. The van der Waals surface area contributed by atoms with Crippen LogP contribution >= 0.6 is 0 Å². The van der Waals surface area contributed by atoms with Crippen LogP contribution in [0.4, 0.5) is 0 Å². The minimum absolute atomic E-state index is 0.360. The van der Waals surface area contributed by atoms with Gasteiger partial charge >= 0.3 is 0 Å². The summed E-state index contributed by atoms with van der Waals surface area (Å²) in [6.07, 6.45) is 44.0. The largest absolute Gasteiger partial charge is 0.394 e. The minimum atomic E-state index is -1.09. The highest BCUT2D eigenvalue weighted by atomic mass is 16.3. The van der Waals surface area contributed by atoms with Crippen molar-refractivity contribution in [3.8, 4) is 0 Å². The van der Waals surface area contributed by atoms with E-state index in [0.717, 1.165) is 32.1 Å². The lowest BCUT2D eigenvalue weighted by atomic mass is 10.0. The van der Waals surface area contributed by atoms with Crippen LogP contribution in [0.3, 0.4) is 0 Å². The zero-order valence-corrected chi connectivity index (χ0v) is 31.7. The first kappa shape index (κ1) is 46.1. The van der Waals surface area contributed by atoms with Crippen molar-refractivity contribution in [3.05, 3.63) is 12.2 Å². The molecule has 0 aromatic carbocycles. The zero-order chi connectivity index (χ0) is 34.5. The molecule has 0 fully saturated rings. The summed E-state index contributed by atoms with van der Waals surface area (Å²) in [6, 6.07) is -0.791. The molecule has 0 spiro atoms. The Morgan fingerprint density at radius 1 is 0.511 bits per heavy atom. The number of aliphatic hydroxyl groups is 3. The fourth-order valence-corrected chi connectivity index (χ4v) is 6.54. The monoisotopic (exact) mass is 666 g/mol. The molecule has 0 bridgehead atoms. The molecule has 0 aliphatic rings. The van der Waals surface area contributed by atoms with Gasteiger partial charge in [-0.3, -0.25) is 4.79 Å². The van der Waals surface area contributed by atoms with Gasteiger partial charge in [0.25, 0.3) is 0 Å². The molecule has 0 saturated carbocycles.